The summed E-state index contributed by atoms with van der Waals surface area (Å²) in [7, 11) is 3.27. The van der Waals surface area contributed by atoms with Crippen molar-refractivity contribution >= 4 is 49.8 Å². The molecule has 182 valence electrons. The van der Waals surface area contributed by atoms with Crippen LogP contribution in [0, 0.1) is 6.92 Å². The van der Waals surface area contributed by atoms with Crippen LogP contribution >= 0.6 is 11.3 Å². The van der Waals surface area contributed by atoms with Gasteiger partial charge in [0, 0.05) is 35.3 Å². The molecule has 4 aromatic rings. The largest absolute Gasteiger partial charge is 0.382 e. The van der Waals surface area contributed by atoms with E-state index in [0.29, 0.717) is 42.7 Å². The van der Waals surface area contributed by atoms with E-state index in [0.717, 1.165) is 37.7 Å². The number of carbonyl (C=O) groups excluding carboxylic acids is 2. The number of hydrogen-bond acceptors (Lipinski definition) is 7. The lowest BCUT2D eigenvalue weighted by Gasteiger charge is -2.09. The molecule has 0 aliphatic carbocycles. The molecular formula is C27H28N2O5S. The Morgan fingerprint density at radius 1 is 0.971 bits per heavy atom. The standard InChI is InChI=1S/C27H28N2O5S/c1-16-24-19(14-33-4)8-9-20(17(2)30)26(24)35-25(16)27(31)29-23-11-10-21-18(15-34-13-12-32-3)6-5-7-22(21)28-23/h5-11H,12-15H2,1-4H3,(H,28,29,31). The number of aromatic nitrogens is 1. The minimum absolute atomic E-state index is 0.0367. The van der Waals surface area contributed by atoms with Gasteiger partial charge in [-0.05, 0) is 54.8 Å². The van der Waals surface area contributed by atoms with Crippen LogP contribution in [0.5, 0.6) is 0 Å². The Labute approximate surface area is 208 Å². The normalized spacial score (nSPS) is 11.3. The molecule has 0 saturated carbocycles. The van der Waals surface area contributed by atoms with Crippen molar-refractivity contribution in [1.82, 2.24) is 4.98 Å². The van der Waals surface area contributed by atoms with Gasteiger partial charge >= 0.3 is 0 Å². The van der Waals surface area contributed by atoms with Gasteiger partial charge in [-0.15, -0.1) is 11.3 Å². The summed E-state index contributed by atoms with van der Waals surface area (Å²) in [6, 6.07) is 13.3. The van der Waals surface area contributed by atoms with Crippen molar-refractivity contribution in [1.29, 1.82) is 0 Å². The van der Waals surface area contributed by atoms with Crippen LogP contribution in [0.4, 0.5) is 5.82 Å². The summed E-state index contributed by atoms with van der Waals surface area (Å²) >= 11 is 1.32. The lowest BCUT2D eigenvalue weighted by molar-refractivity contribution is 0.0621. The SMILES string of the molecule is COCCOCc1cccc2nc(NC(=O)c3sc4c(C(C)=O)ccc(COC)c4c3C)ccc12. The van der Waals surface area contributed by atoms with Crippen molar-refractivity contribution in [2.24, 2.45) is 0 Å². The molecule has 2 aromatic heterocycles. The third kappa shape index (κ3) is 5.26. The summed E-state index contributed by atoms with van der Waals surface area (Å²) < 4.78 is 16.8. The van der Waals surface area contributed by atoms with E-state index in [2.05, 4.69) is 10.3 Å². The zero-order valence-electron chi connectivity index (χ0n) is 20.3. The van der Waals surface area contributed by atoms with Crippen LogP contribution in [0.15, 0.2) is 42.5 Å². The second-order valence-corrected chi connectivity index (χ2v) is 9.22. The second kappa shape index (κ2) is 11.0. The highest BCUT2D eigenvalue weighted by Crippen LogP contribution is 2.37. The topological polar surface area (TPSA) is 86.8 Å². The van der Waals surface area contributed by atoms with Crippen molar-refractivity contribution in [3.05, 3.63) is 69.6 Å². The number of nitrogens with zero attached hydrogens (tertiary/aromatic N) is 1. The second-order valence-electron chi connectivity index (χ2n) is 8.20. The van der Waals surface area contributed by atoms with Crippen molar-refractivity contribution in [3.8, 4) is 0 Å². The monoisotopic (exact) mass is 492 g/mol. The number of hydrogen-bond donors (Lipinski definition) is 1. The fourth-order valence-corrected chi connectivity index (χ4v) is 5.43. The maximum absolute atomic E-state index is 13.3. The van der Waals surface area contributed by atoms with Crippen molar-refractivity contribution < 1.29 is 23.8 Å². The Morgan fingerprint density at radius 3 is 2.54 bits per heavy atom. The van der Waals surface area contributed by atoms with E-state index in [-0.39, 0.29) is 11.7 Å². The molecule has 0 unspecified atom stereocenters. The number of aryl methyl sites for hydroxylation is 1. The highest BCUT2D eigenvalue weighted by molar-refractivity contribution is 7.21. The van der Waals surface area contributed by atoms with Crippen LogP contribution in [0.1, 0.15) is 43.6 Å². The summed E-state index contributed by atoms with van der Waals surface area (Å²) in [5, 5.41) is 4.80. The molecule has 0 atom stereocenters. The molecule has 0 spiro atoms. The van der Waals surface area contributed by atoms with E-state index in [4.69, 9.17) is 14.2 Å². The number of benzene rings is 2. The zero-order valence-corrected chi connectivity index (χ0v) is 21.1. The average Bonchev–Trinajstić information content (AvgIpc) is 3.19. The van der Waals surface area contributed by atoms with Crippen molar-refractivity contribution in [2.75, 3.05) is 32.8 Å². The molecule has 1 amide bonds. The van der Waals surface area contributed by atoms with Gasteiger partial charge in [0.1, 0.15) is 5.82 Å². The summed E-state index contributed by atoms with van der Waals surface area (Å²) in [6.45, 7) is 5.35. The molecule has 0 fully saturated rings. The molecule has 2 aromatic carbocycles. The number of amides is 1. The number of pyridine rings is 1. The van der Waals surface area contributed by atoms with E-state index in [9.17, 15) is 9.59 Å². The number of anilines is 1. The quantitative estimate of drug-likeness (QED) is 0.232. The number of carbonyl (C=O) groups is 2. The molecule has 2 heterocycles. The van der Waals surface area contributed by atoms with Gasteiger partial charge in [-0.25, -0.2) is 4.98 Å². The van der Waals surface area contributed by atoms with E-state index < -0.39 is 0 Å². The Balaban J connectivity index is 1.63. The van der Waals surface area contributed by atoms with E-state index >= 15 is 0 Å². The molecule has 8 heteroatoms. The number of rotatable bonds is 10. The molecule has 0 aliphatic rings. The van der Waals surface area contributed by atoms with Crippen LogP contribution in [0.25, 0.3) is 21.0 Å². The first-order valence-electron chi connectivity index (χ1n) is 11.3. The van der Waals surface area contributed by atoms with Crippen molar-refractivity contribution in [3.63, 3.8) is 0 Å². The molecule has 35 heavy (non-hydrogen) atoms. The summed E-state index contributed by atoms with van der Waals surface area (Å²) in [6.07, 6.45) is 0. The van der Waals surface area contributed by atoms with Crippen LogP contribution in [-0.4, -0.2) is 44.1 Å². The summed E-state index contributed by atoms with van der Waals surface area (Å²) in [5.74, 6) is 0.165. The van der Waals surface area contributed by atoms with Gasteiger partial charge in [-0.3, -0.25) is 9.59 Å². The number of ketones is 1. The molecule has 0 radical (unpaired) electrons. The Hall–Kier alpha value is -3.17. The first-order chi connectivity index (χ1) is 16.9. The predicted octanol–water partition coefficient (Wildman–Crippen LogP) is 5.52. The minimum Gasteiger partial charge on any atom is -0.382 e. The fraction of sp³-hybridized carbons (Fsp3) is 0.296. The Bertz CT molecular complexity index is 1400. The highest BCUT2D eigenvalue weighted by atomic mass is 32.1. The third-order valence-corrected chi connectivity index (χ3v) is 7.13. The molecule has 7 nitrogen and oxygen atoms in total. The van der Waals surface area contributed by atoms with Gasteiger partial charge in [0.05, 0.1) is 36.8 Å². The first-order valence-corrected chi connectivity index (χ1v) is 12.1. The lowest BCUT2D eigenvalue weighted by Crippen LogP contribution is -2.12. The van der Waals surface area contributed by atoms with Crippen LogP contribution < -0.4 is 5.32 Å². The van der Waals surface area contributed by atoms with E-state index in [1.54, 1.807) is 26.4 Å². The molecular weight excluding hydrogens is 464 g/mol. The number of nitrogens with one attached hydrogen (secondary N) is 1. The van der Waals surface area contributed by atoms with E-state index in [1.807, 2.05) is 37.3 Å². The van der Waals surface area contributed by atoms with E-state index in [1.165, 1.54) is 18.3 Å². The Kier molecular flexibility index (Phi) is 7.87. The van der Waals surface area contributed by atoms with Gasteiger partial charge in [-0.1, -0.05) is 18.2 Å². The van der Waals surface area contributed by atoms with Crippen molar-refractivity contribution in [2.45, 2.75) is 27.1 Å². The predicted molar refractivity (Wildman–Crippen MR) is 139 cm³/mol. The molecule has 0 aliphatic heterocycles. The van der Waals surface area contributed by atoms with Crippen LogP contribution in [-0.2, 0) is 27.4 Å². The molecule has 1 N–H and O–H groups in total. The maximum Gasteiger partial charge on any atom is 0.267 e. The van der Waals surface area contributed by atoms with Gasteiger partial charge < -0.3 is 19.5 Å². The number of Topliss-reactive ketones (excluding diaryl/α,β-unsaturated/α-hetero) is 1. The minimum atomic E-state index is -0.257. The van der Waals surface area contributed by atoms with Gasteiger partial charge in [0.25, 0.3) is 5.91 Å². The number of thiophene rings is 1. The summed E-state index contributed by atoms with van der Waals surface area (Å²) in [5.41, 5.74) is 4.17. The molecule has 0 saturated heterocycles. The average molecular weight is 493 g/mol. The van der Waals surface area contributed by atoms with Gasteiger partial charge in [-0.2, -0.15) is 0 Å². The molecule has 0 bridgehead atoms. The molecule has 4 rings (SSSR count). The van der Waals surface area contributed by atoms with Crippen LogP contribution in [0.2, 0.25) is 0 Å². The smallest absolute Gasteiger partial charge is 0.267 e. The van der Waals surface area contributed by atoms with Gasteiger partial charge in [0.15, 0.2) is 5.78 Å². The maximum atomic E-state index is 13.3. The highest BCUT2D eigenvalue weighted by Gasteiger charge is 2.21. The zero-order chi connectivity index (χ0) is 24.9. The Morgan fingerprint density at radius 2 is 1.80 bits per heavy atom. The third-order valence-electron chi connectivity index (χ3n) is 5.80. The van der Waals surface area contributed by atoms with Crippen LogP contribution in [0.3, 0.4) is 0 Å². The summed E-state index contributed by atoms with van der Waals surface area (Å²) in [4.78, 5) is 30.7. The van der Waals surface area contributed by atoms with Gasteiger partial charge in [0.2, 0.25) is 0 Å². The number of methoxy groups -OCH3 is 2. The lowest BCUT2D eigenvalue weighted by atomic mass is 10.0. The first kappa shape index (κ1) is 24.9. The number of ether oxygens (including phenoxy) is 3. The number of fused-ring (bicyclic) bond motifs is 2. The fourth-order valence-electron chi connectivity index (χ4n) is 4.11.